The second kappa shape index (κ2) is 12.9. The molecule has 4 rings (SSSR count). The van der Waals surface area contributed by atoms with E-state index in [1.54, 1.807) is 12.1 Å². The number of carboxylic acids is 2. The molecule has 0 saturated carbocycles. The molecule has 0 aliphatic carbocycles. The number of rotatable bonds is 6. The van der Waals surface area contributed by atoms with Gasteiger partial charge in [0, 0.05) is 24.3 Å². The normalized spacial score (nSPS) is 13.7. The number of alkyl halides is 3. The van der Waals surface area contributed by atoms with E-state index in [-0.39, 0.29) is 16.8 Å². The van der Waals surface area contributed by atoms with Crippen LogP contribution in [0.2, 0.25) is 0 Å². The molecule has 206 valence electrons. The average molecular weight is 547 g/mol. The average Bonchev–Trinajstić information content (AvgIpc) is 2.90. The minimum Gasteiger partial charge on any atom is -0.478 e. The van der Waals surface area contributed by atoms with Gasteiger partial charge in [-0.05, 0) is 73.2 Å². The van der Waals surface area contributed by atoms with Crippen LogP contribution in [0.25, 0.3) is 0 Å². The summed E-state index contributed by atoms with van der Waals surface area (Å²) >= 11 is 0. The number of carboxylic acid groups (broad SMARTS) is 2. The van der Waals surface area contributed by atoms with E-state index in [1.165, 1.54) is 29.8 Å². The van der Waals surface area contributed by atoms with Gasteiger partial charge in [0.1, 0.15) is 5.82 Å². The molecule has 11 heteroatoms. The van der Waals surface area contributed by atoms with Crippen LogP contribution in [0.1, 0.15) is 39.1 Å². The first-order valence-electron chi connectivity index (χ1n) is 12.0. The van der Waals surface area contributed by atoms with Crippen molar-refractivity contribution in [2.24, 2.45) is 5.92 Å². The number of carbonyl (C=O) groups excluding carboxylic acids is 1. The topological polar surface area (TPSA) is 107 Å². The van der Waals surface area contributed by atoms with E-state index >= 15 is 0 Å². The van der Waals surface area contributed by atoms with Crippen LogP contribution in [-0.2, 0) is 11.2 Å². The highest BCUT2D eigenvalue weighted by Crippen LogP contribution is 2.29. The molecule has 0 aromatic heterocycles. The van der Waals surface area contributed by atoms with Gasteiger partial charge in [-0.3, -0.25) is 4.79 Å². The summed E-state index contributed by atoms with van der Waals surface area (Å²) in [6.45, 7) is 1.72. The van der Waals surface area contributed by atoms with Crippen LogP contribution in [0.15, 0.2) is 72.8 Å². The molecule has 1 saturated heterocycles. The van der Waals surface area contributed by atoms with Gasteiger partial charge in [0.25, 0.3) is 5.91 Å². The van der Waals surface area contributed by atoms with Crippen LogP contribution >= 0.6 is 0 Å². The Morgan fingerprint density at radius 1 is 0.897 bits per heavy atom. The lowest BCUT2D eigenvalue weighted by Gasteiger charge is -2.34. The molecule has 0 radical (unpaired) electrons. The lowest BCUT2D eigenvalue weighted by Crippen LogP contribution is -2.34. The number of aromatic carboxylic acids is 1. The summed E-state index contributed by atoms with van der Waals surface area (Å²) in [4.78, 5) is 35.4. The summed E-state index contributed by atoms with van der Waals surface area (Å²) in [6.07, 6.45) is -1.94. The Labute approximate surface area is 221 Å². The summed E-state index contributed by atoms with van der Waals surface area (Å²) in [5.41, 5.74) is 2.69. The van der Waals surface area contributed by atoms with Gasteiger partial charge >= 0.3 is 18.1 Å². The van der Waals surface area contributed by atoms with Gasteiger partial charge in [0.05, 0.1) is 11.3 Å². The molecule has 1 aliphatic rings. The lowest BCUT2D eigenvalue weighted by molar-refractivity contribution is -0.192. The zero-order chi connectivity index (χ0) is 28.6. The Morgan fingerprint density at radius 3 is 2.03 bits per heavy atom. The number of anilines is 2. The molecular formula is C28H26F4N2O5. The van der Waals surface area contributed by atoms with Gasteiger partial charge in [-0.1, -0.05) is 30.3 Å². The van der Waals surface area contributed by atoms with Crippen molar-refractivity contribution in [1.29, 1.82) is 0 Å². The third kappa shape index (κ3) is 8.56. The summed E-state index contributed by atoms with van der Waals surface area (Å²) < 4.78 is 44.8. The molecule has 0 atom stereocenters. The first kappa shape index (κ1) is 29.2. The van der Waals surface area contributed by atoms with E-state index in [0.29, 0.717) is 5.92 Å². The van der Waals surface area contributed by atoms with E-state index in [2.05, 4.69) is 34.5 Å². The Morgan fingerprint density at radius 2 is 1.49 bits per heavy atom. The predicted octanol–water partition coefficient (Wildman–Crippen LogP) is 5.87. The largest absolute Gasteiger partial charge is 0.490 e. The smallest absolute Gasteiger partial charge is 0.478 e. The van der Waals surface area contributed by atoms with Gasteiger partial charge in [0.15, 0.2) is 0 Å². The van der Waals surface area contributed by atoms with E-state index in [9.17, 15) is 32.3 Å². The van der Waals surface area contributed by atoms with E-state index < -0.39 is 29.8 Å². The highest BCUT2D eigenvalue weighted by Gasteiger charge is 2.38. The number of halogens is 4. The molecule has 0 bridgehead atoms. The lowest BCUT2D eigenvalue weighted by atomic mass is 9.90. The molecule has 3 N–H and O–H groups in total. The Kier molecular flexibility index (Phi) is 9.64. The Balaban J connectivity index is 0.000000532. The molecular weight excluding hydrogens is 520 g/mol. The molecule has 1 aliphatic heterocycles. The summed E-state index contributed by atoms with van der Waals surface area (Å²) in [7, 11) is 0. The van der Waals surface area contributed by atoms with E-state index in [0.717, 1.165) is 38.0 Å². The van der Waals surface area contributed by atoms with Gasteiger partial charge < -0.3 is 20.4 Å². The molecule has 1 heterocycles. The highest BCUT2D eigenvalue weighted by molar-refractivity contribution is 6.08. The second-order valence-corrected chi connectivity index (χ2v) is 8.92. The van der Waals surface area contributed by atoms with Gasteiger partial charge in [0.2, 0.25) is 0 Å². The third-order valence-corrected chi connectivity index (χ3v) is 6.18. The van der Waals surface area contributed by atoms with Crippen LogP contribution in [0.5, 0.6) is 0 Å². The molecule has 7 nitrogen and oxygen atoms in total. The Bertz CT molecular complexity index is 1290. The van der Waals surface area contributed by atoms with Crippen molar-refractivity contribution in [2.45, 2.75) is 25.4 Å². The summed E-state index contributed by atoms with van der Waals surface area (Å²) in [6, 6.07) is 20.6. The standard InChI is InChI=1S/C26H25FN2O3.C2HF3O2/c27-21-8-6-20(7-9-21)25(30)28-24-11-10-22(17-23(24)26(31)32)29-14-12-19(13-15-29)16-18-4-2-1-3-5-18;3-2(4,5)1(6)7/h1-11,17,19H,12-16H2,(H,28,30)(H,31,32);(H,6,7). The number of nitrogens with zero attached hydrogens (tertiary/aromatic N) is 1. The van der Waals surface area contributed by atoms with E-state index in [4.69, 9.17) is 9.90 Å². The van der Waals surface area contributed by atoms with Crippen molar-refractivity contribution < 1.29 is 42.2 Å². The monoisotopic (exact) mass is 546 g/mol. The molecule has 0 unspecified atom stereocenters. The first-order chi connectivity index (χ1) is 18.4. The zero-order valence-corrected chi connectivity index (χ0v) is 20.6. The number of benzene rings is 3. The third-order valence-electron chi connectivity index (χ3n) is 6.18. The molecule has 1 fully saturated rings. The fourth-order valence-corrected chi connectivity index (χ4v) is 4.15. The predicted molar refractivity (Wildman–Crippen MR) is 137 cm³/mol. The Hall–Kier alpha value is -4.41. The number of hydrogen-bond acceptors (Lipinski definition) is 4. The molecule has 39 heavy (non-hydrogen) atoms. The molecule has 1 amide bonds. The van der Waals surface area contributed by atoms with Crippen molar-refractivity contribution in [3.05, 3.63) is 95.3 Å². The van der Waals surface area contributed by atoms with E-state index in [1.807, 2.05) is 12.1 Å². The van der Waals surface area contributed by atoms with Crippen molar-refractivity contribution in [3.63, 3.8) is 0 Å². The molecule has 3 aromatic rings. The van der Waals surface area contributed by atoms with Crippen molar-refractivity contribution >= 4 is 29.2 Å². The van der Waals surface area contributed by atoms with Crippen LogP contribution in [0.4, 0.5) is 28.9 Å². The maximum atomic E-state index is 13.1. The maximum Gasteiger partial charge on any atom is 0.490 e. The van der Waals surface area contributed by atoms with Gasteiger partial charge in [-0.25, -0.2) is 14.0 Å². The number of piperidine rings is 1. The first-order valence-corrected chi connectivity index (χ1v) is 12.0. The maximum absolute atomic E-state index is 13.1. The zero-order valence-electron chi connectivity index (χ0n) is 20.6. The van der Waals surface area contributed by atoms with Crippen molar-refractivity contribution in [2.75, 3.05) is 23.3 Å². The SMILES string of the molecule is O=C(Nc1ccc(N2CCC(Cc3ccccc3)CC2)cc1C(=O)O)c1ccc(F)cc1.O=C(O)C(F)(F)F. The van der Waals surface area contributed by atoms with Crippen LogP contribution in [0.3, 0.4) is 0 Å². The quantitative estimate of drug-likeness (QED) is 0.334. The summed E-state index contributed by atoms with van der Waals surface area (Å²) in [5.74, 6) is -4.18. The number of aliphatic carboxylic acids is 1. The molecule has 3 aromatic carbocycles. The van der Waals surface area contributed by atoms with Crippen LogP contribution in [0, 0.1) is 11.7 Å². The van der Waals surface area contributed by atoms with Gasteiger partial charge in [-0.2, -0.15) is 13.2 Å². The minimum absolute atomic E-state index is 0.0318. The molecule has 0 spiro atoms. The number of nitrogens with one attached hydrogen (secondary N) is 1. The van der Waals surface area contributed by atoms with Crippen molar-refractivity contribution in [1.82, 2.24) is 0 Å². The second-order valence-electron chi connectivity index (χ2n) is 8.92. The fourth-order valence-electron chi connectivity index (χ4n) is 4.15. The van der Waals surface area contributed by atoms with Crippen molar-refractivity contribution in [3.8, 4) is 0 Å². The summed E-state index contributed by atoms with van der Waals surface area (Å²) in [5, 5.41) is 19.5. The fraction of sp³-hybridized carbons (Fsp3) is 0.250. The van der Waals surface area contributed by atoms with Crippen LogP contribution < -0.4 is 10.2 Å². The van der Waals surface area contributed by atoms with Crippen LogP contribution in [-0.4, -0.2) is 47.3 Å². The van der Waals surface area contributed by atoms with Gasteiger partial charge in [-0.15, -0.1) is 0 Å². The number of amides is 1. The number of carbonyl (C=O) groups is 3. The highest BCUT2D eigenvalue weighted by atomic mass is 19.4. The number of hydrogen-bond donors (Lipinski definition) is 3. The minimum atomic E-state index is -5.08.